The van der Waals surface area contributed by atoms with E-state index in [2.05, 4.69) is 6.58 Å². The van der Waals surface area contributed by atoms with Gasteiger partial charge in [-0.2, -0.15) is 0 Å². The second-order valence-corrected chi connectivity index (χ2v) is 4.45. The summed E-state index contributed by atoms with van der Waals surface area (Å²) >= 11 is 0. The molecule has 0 fully saturated rings. The van der Waals surface area contributed by atoms with E-state index in [9.17, 15) is 0 Å². The number of hydrogen-bond acceptors (Lipinski definition) is 2. The smallest absolute Gasteiger partial charge is 0.149 e. The van der Waals surface area contributed by atoms with Crippen LogP contribution >= 0.6 is 0 Å². The lowest BCUT2D eigenvalue weighted by Crippen LogP contribution is -2.26. The van der Waals surface area contributed by atoms with Gasteiger partial charge in [0.2, 0.25) is 0 Å². The van der Waals surface area contributed by atoms with Gasteiger partial charge in [-0.1, -0.05) is 36.9 Å². The van der Waals surface area contributed by atoms with Gasteiger partial charge in [0.1, 0.15) is 17.1 Å². The summed E-state index contributed by atoms with van der Waals surface area (Å²) < 4.78 is 11.2. The number of methoxy groups -OCH3 is 1. The van der Waals surface area contributed by atoms with Crippen LogP contribution in [0.2, 0.25) is 0 Å². The van der Waals surface area contributed by atoms with Gasteiger partial charge in [-0.05, 0) is 42.8 Å². The summed E-state index contributed by atoms with van der Waals surface area (Å²) in [4.78, 5) is 0. The molecule has 0 saturated carbocycles. The van der Waals surface area contributed by atoms with Crippen molar-refractivity contribution < 1.29 is 9.47 Å². The molecule has 0 spiro atoms. The van der Waals surface area contributed by atoms with Crippen LogP contribution in [0.3, 0.4) is 0 Å². The maximum absolute atomic E-state index is 6.06. The first-order valence-corrected chi connectivity index (χ1v) is 6.20. The Morgan fingerprint density at radius 3 is 2.05 bits per heavy atom. The second kappa shape index (κ2) is 5.61. The lowest BCUT2D eigenvalue weighted by Gasteiger charge is -2.28. The minimum absolute atomic E-state index is 0.546. The van der Waals surface area contributed by atoms with Gasteiger partial charge in [0.05, 0.1) is 7.11 Å². The van der Waals surface area contributed by atoms with Gasteiger partial charge in [0.15, 0.2) is 0 Å². The summed E-state index contributed by atoms with van der Waals surface area (Å²) in [6.45, 7) is 5.89. The number of hydrogen-bond donors (Lipinski definition) is 0. The molecule has 2 heteroatoms. The molecule has 2 aromatic rings. The van der Waals surface area contributed by atoms with Crippen molar-refractivity contribution in [2.45, 2.75) is 12.5 Å². The van der Waals surface area contributed by atoms with Gasteiger partial charge < -0.3 is 9.47 Å². The van der Waals surface area contributed by atoms with E-state index < -0.39 is 5.60 Å². The van der Waals surface area contributed by atoms with Crippen molar-refractivity contribution in [3.05, 3.63) is 72.8 Å². The molecule has 0 radical (unpaired) electrons. The van der Waals surface area contributed by atoms with Crippen LogP contribution in [0.25, 0.3) is 0 Å². The second-order valence-electron chi connectivity index (χ2n) is 4.45. The Morgan fingerprint density at radius 2 is 1.53 bits per heavy atom. The Bertz CT molecular complexity index is 531. The van der Waals surface area contributed by atoms with E-state index in [-0.39, 0.29) is 0 Å². The zero-order chi connectivity index (χ0) is 13.7. The van der Waals surface area contributed by atoms with Gasteiger partial charge in [0.25, 0.3) is 0 Å². The molecule has 98 valence electrons. The first-order chi connectivity index (χ1) is 9.18. The molecule has 0 amide bonds. The maximum Gasteiger partial charge on any atom is 0.149 e. The van der Waals surface area contributed by atoms with E-state index in [1.165, 1.54) is 0 Å². The molecule has 1 unspecified atom stereocenters. The SMILES string of the molecule is C=CC(C)(Oc1ccc(OC)cc1)c1ccccc1. The summed E-state index contributed by atoms with van der Waals surface area (Å²) in [5.74, 6) is 1.60. The number of benzene rings is 2. The average molecular weight is 254 g/mol. The largest absolute Gasteiger partial charge is 0.497 e. The van der Waals surface area contributed by atoms with Gasteiger partial charge in [-0.3, -0.25) is 0 Å². The lowest BCUT2D eigenvalue weighted by molar-refractivity contribution is 0.141. The highest BCUT2D eigenvalue weighted by atomic mass is 16.5. The first-order valence-electron chi connectivity index (χ1n) is 6.20. The predicted molar refractivity (Wildman–Crippen MR) is 77.6 cm³/mol. The molecule has 2 aromatic carbocycles. The summed E-state index contributed by atoms with van der Waals surface area (Å²) in [5, 5.41) is 0. The normalized spacial score (nSPS) is 13.4. The minimum Gasteiger partial charge on any atom is -0.497 e. The molecule has 0 heterocycles. The molecule has 0 aliphatic rings. The molecule has 2 rings (SSSR count). The quantitative estimate of drug-likeness (QED) is 0.745. The molecule has 0 N–H and O–H groups in total. The van der Waals surface area contributed by atoms with Gasteiger partial charge in [-0.25, -0.2) is 0 Å². The van der Waals surface area contributed by atoms with Crippen molar-refractivity contribution in [2.75, 3.05) is 7.11 Å². The molecule has 2 nitrogen and oxygen atoms in total. The van der Waals surface area contributed by atoms with Crippen molar-refractivity contribution in [1.29, 1.82) is 0 Å². The Kier molecular flexibility index (Phi) is 3.91. The summed E-state index contributed by atoms with van der Waals surface area (Å²) in [7, 11) is 1.65. The molecular formula is C17H18O2. The molecule has 1 atom stereocenters. The monoisotopic (exact) mass is 254 g/mol. The standard InChI is InChI=1S/C17H18O2/c1-4-17(2,14-8-6-5-7-9-14)19-16-12-10-15(18-3)11-13-16/h4-13H,1H2,2-3H3. The van der Waals surface area contributed by atoms with Crippen molar-refractivity contribution in [3.63, 3.8) is 0 Å². The van der Waals surface area contributed by atoms with Crippen LogP contribution in [-0.2, 0) is 5.60 Å². The molecular weight excluding hydrogens is 236 g/mol. The number of rotatable bonds is 5. The third-order valence-electron chi connectivity index (χ3n) is 3.13. The fourth-order valence-electron chi connectivity index (χ4n) is 1.88. The van der Waals surface area contributed by atoms with Gasteiger partial charge >= 0.3 is 0 Å². The Labute approximate surface area is 114 Å². The van der Waals surface area contributed by atoms with Crippen LogP contribution in [-0.4, -0.2) is 7.11 Å². The fourth-order valence-corrected chi connectivity index (χ4v) is 1.88. The van der Waals surface area contributed by atoms with E-state index in [0.717, 1.165) is 17.1 Å². The highest BCUT2D eigenvalue weighted by Gasteiger charge is 2.24. The predicted octanol–water partition coefficient (Wildman–Crippen LogP) is 4.18. The molecule has 0 bridgehead atoms. The van der Waals surface area contributed by atoms with Crippen LogP contribution in [0, 0.1) is 0 Å². The van der Waals surface area contributed by atoms with Crippen LogP contribution in [0.1, 0.15) is 12.5 Å². The van der Waals surface area contributed by atoms with E-state index >= 15 is 0 Å². The first kappa shape index (κ1) is 13.2. The minimum atomic E-state index is -0.546. The Morgan fingerprint density at radius 1 is 0.947 bits per heavy atom. The molecule has 0 saturated heterocycles. The van der Waals surface area contributed by atoms with Crippen LogP contribution < -0.4 is 9.47 Å². The van der Waals surface area contributed by atoms with Crippen molar-refractivity contribution in [3.8, 4) is 11.5 Å². The average Bonchev–Trinajstić information content (AvgIpc) is 2.49. The van der Waals surface area contributed by atoms with E-state index in [4.69, 9.17) is 9.47 Å². The van der Waals surface area contributed by atoms with Crippen LogP contribution in [0.4, 0.5) is 0 Å². The van der Waals surface area contributed by atoms with Crippen molar-refractivity contribution >= 4 is 0 Å². The zero-order valence-electron chi connectivity index (χ0n) is 11.3. The highest BCUT2D eigenvalue weighted by molar-refractivity contribution is 5.34. The molecule has 0 aliphatic carbocycles. The van der Waals surface area contributed by atoms with Gasteiger partial charge in [-0.15, -0.1) is 0 Å². The van der Waals surface area contributed by atoms with Crippen LogP contribution in [0.5, 0.6) is 11.5 Å². The topological polar surface area (TPSA) is 18.5 Å². The molecule has 0 aromatic heterocycles. The molecule has 0 aliphatic heterocycles. The maximum atomic E-state index is 6.06. The van der Waals surface area contributed by atoms with Crippen molar-refractivity contribution in [1.82, 2.24) is 0 Å². The number of ether oxygens (including phenoxy) is 2. The van der Waals surface area contributed by atoms with E-state index in [1.807, 2.05) is 67.6 Å². The summed E-state index contributed by atoms with van der Waals surface area (Å²) in [6, 6.07) is 17.6. The van der Waals surface area contributed by atoms with E-state index in [1.54, 1.807) is 7.11 Å². The van der Waals surface area contributed by atoms with Crippen molar-refractivity contribution in [2.24, 2.45) is 0 Å². The van der Waals surface area contributed by atoms with Crippen LogP contribution in [0.15, 0.2) is 67.3 Å². The third kappa shape index (κ3) is 2.97. The zero-order valence-corrected chi connectivity index (χ0v) is 11.3. The summed E-state index contributed by atoms with van der Waals surface area (Å²) in [6.07, 6.45) is 1.81. The Balaban J connectivity index is 2.25. The third-order valence-corrected chi connectivity index (χ3v) is 3.13. The molecule has 19 heavy (non-hydrogen) atoms. The summed E-state index contributed by atoms with van der Waals surface area (Å²) in [5.41, 5.74) is 0.524. The highest BCUT2D eigenvalue weighted by Crippen LogP contribution is 2.29. The van der Waals surface area contributed by atoms with Gasteiger partial charge in [0, 0.05) is 0 Å². The fraction of sp³-hybridized carbons (Fsp3) is 0.176. The van der Waals surface area contributed by atoms with E-state index in [0.29, 0.717) is 0 Å². The lowest BCUT2D eigenvalue weighted by atomic mass is 9.96. The Hall–Kier alpha value is -2.22.